The Hall–Kier alpha value is 0.304. The van der Waals surface area contributed by atoms with E-state index in [9.17, 15) is 39.6 Å². The van der Waals surface area contributed by atoms with Gasteiger partial charge in [-0.15, -0.1) is 0 Å². The monoisotopic (exact) mass is 576 g/mol. The SMILES string of the molecule is O=C([O-])CN1CCN(CC(=O)[O-])CCN(CC(=O)[O-])CCN(CC(=O)[O-])CC1.[Eu+3].[Na+]. The van der Waals surface area contributed by atoms with Gasteiger partial charge in [0.15, 0.2) is 0 Å². The summed E-state index contributed by atoms with van der Waals surface area (Å²) in [4.78, 5) is 49.9. The molecule has 14 heteroatoms. The number of carboxylic acids is 4. The molecule has 1 rings (SSSR count). The van der Waals surface area contributed by atoms with E-state index in [0.717, 1.165) is 0 Å². The molecule has 1 aliphatic heterocycles. The number of carbonyl (C=O) groups is 4. The van der Waals surface area contributed by atoms with Gasteiger partial charge in [-0.3, -0.25) is 19.6 Å². The van der Waals surface area contributed by atoms with Gasteiger partial charge < -0.3 is 39.6 Å². The minimum absolute atomic E-state index is 0. The fourth-order valence-corrected chi connectivity index (χ4v) is 2.94. The number of carboxylic acid groups (broad SMARTS) is 4. The van der Waals surface area contributed by atoms with Crippen LogP contribution in [0, 0.1) is 49.4 Å². The molecule has 0 atom stereocenters. The normalized spacial score (nSPS) is 18.1. The van der Waals surface area contributed by atoms with E-state index >= 15 is 0 Å². The van der Waals surface area contributed by atoms with E-state index in [1.165, 1.54) is 19.6 Å². The van der Waals surface area contributed by atoms with E-state index in [4.69, 9.17) is 0 Å². The summed E-state index contributed by atoms with van der Waals surface area (Å²) in [6.45, 7) is 0.155. The largest absolute Gasteiger partial charge is 3.00 e. The molecule has 12 nitrogen and oxygen atoms in total. The predicted octanol–water partition coefficient (Wildman–Crippen LogP) is -10.8. The van der Waals surface area contributed by atoms with Gasteiger partial charge >= 0.3 is 78.9 Å². The molecule has 0 aromatic carbocycles. The van der Waals surface area contributed by atoms with Crippen LogP contribution in [0.15, 0.2) is 0 Å². The van der Waals surface area contributed by atoms with Gasteiger partial charge in [0.25, 0.3) is 0 Å². The molecule has 0 aromatic rings. The zero-order chi connectivity index (χ0) is 21.1. The zero-order valence-electron chi connectivity index (χ0n) is 16.9. The van der Waals surface area contributed by atoms with Crippen LogP contribution < -0.4 is 50.0 Å². The second-order valence-corrected chi connectivity index (χ2v) is 6.59. The van der Waals surface area contributed by atoms with Crippen molar-refractivity contribution < 1.29 is 119 Å². The van der Waals surface area contributed by atoms with Crippen molar-refractivity contribution in [2.24, 2.45) is 0 Å². The molecule has 0 aromatic heterocycles. The molecule has 164 valence electrons. The molecule has 0 aliphatic carbocycles. The molecular formula is C16H24EuN4NaO8. The summed E-state index contributed by atoms with van der Waals surface area (Å²) in [6.07, 6.45) is 0. The Balaban J connectivity index is 0. The first-order chi connectivity index (χ1) is 13.2. The van der Waals surface area contributed by atoms with Crippen molar-refractivity contribution >= 4 is 23.9 Å². The van der Waals surface area contributed by atoms with Gasteiger partial charge in [-0.25, -0.2) is 0 Å². The molecular weight excluding hydrogens is 551 g/mol. The third-order valence-corrected chi connectivity index (χ3v) is 4.34. The second kappa shape index (κ2) is 17.8. The van der Waals surface area contributed by atoms with Crippen molar-refractivity contribution in [3.63, 3.8) is 0 Å². The molecule has 1 heterocycles. The topological polar surface area (TPSA) is 173 Å². The van der Waals surface area contributed by atoms with Crippen LogP contribution in [0.25, 0.3) is 0 Å². The van der Waals surface area contributed by atoms with Gasteiger partial charge in [0.1, 0.15) is 0 Å². The van der Waals surface area contributed by atoms with Crippen molar-refractivity contribution in [2.45, 2.75) is 0 Å². The summed E-state index contributed by atoms with van der Waals surface area (Å²) in [5, 5.41) is 43.8. The second-order valence-electron chi connectivity index (χ2n) is 6.59. The molecule has 30 heavy (non-hydrogen) atoms. The molecule has 0 saturated carbocycles. The maximum absolute atomic E-state index is 11.0. The number of aliphatic carboxylic acids is 4. The average Bonchev–Trinajstić information content (AvgIpc) is 2.55. The van der Waals surface area contributed by atoms with Crippen LogP contribution >= 0.6 is 0 Å². The number of hydrogen-bond acceptors (Lipinski definition) is 12. The van der Waals surface area contributed by atoms with Gasteiger partial charge in [-0.1, -0.05) is 0 Å². The van der Waals surface area contributed by atoms with Crippen LogP contribution in [-0.4, -0.2) is 122 Å². The van der Waals surface area contributed by atoms with Crippen LogP contribution in [0.3, 0.4) is 0 Å². The quantitative estimate of drug-likeness (QED) is 0.251. The maximum atomic E-state index is 11.0. The van der Waals surface area contributed by atoms with Crippen LogP contribution in [0.2, 0.25) is 0 Å². The third kappa shape index (κ3) is 16.0. The molecule has 0 N–H and O–H groups in total. The van der Waals surface area contributed by atoms with Crippen molar-refractivity contribution in [2.75, 3.05) is 78.5 Å². The summed E-state index contributed by atoms with van der Waals surface area (Å²) >= 11 is 0. The standard InChI is InChI=1S/C16H28N4O8.Eu.Na/c21-13(22)9-17-1-2-18(10-14(23)24)5-6-20(12-16(27)28)8-7-19(4-3-17)11-15(25)26;;/h1-12H2,(H,21,22)(H,23,24)(H,25,26)(H,27,28);;/q;+3;+1/p-4. The summed E-state index contributed by atoms with van der Waals surface area (Å²) in [7, 11) is 0. The number of nitrogens with zero attached hydrogens (tertiary/aromatic N) is 4. The van der Waals surface area contributed by atoms with Crippen LogP contribution in [0.4, 0.5) is 0 Å². The Labute approximate surface area is 238 Å². The van der Waals surface area contributed by atoms with Crippen LogP contribution in [0.1, 0.15) is 0 Å². The third-order valence-electron chi connectivity index (χ3n) is 4.34. The minimum atomic E-state index is -1.30. The van der Waals surface area contributed by atoms with Gasteiger partial charge in [0.2, 0.25) is 0 Å². The Bertz CT molecular complexity index is 459. The van der Waals surface area contributed by atoms with Crippen molar-refractivity contribution in [1.29, 1.82) is 0 Å². The zero-order valence-corrected chi connectivity index (χ0v) is 21.3. The Morgan fingerprint density at radius 3 is 0.700 bits per heavy atom. The Morgan fingerprint density at radius 1 is 0.467 bits per heavy atom. The first-order valence-electron chi connectivity index (χ1n) is 8.84. The first-order valence-corrected chi connectivity index (χ1v) is 8.84. The summed E-state index contributed by atoms with van der Waals surface area (Å²) in [5.41, 5.74) is 0. The molecule has 0 spiro atoms. The van der Waals surface area contributed by atoms with Gasteiger partial charge in [-0.2, -0.15) is 0 Å². The number of rotatable bonds is 8. The van der Waals surface area contributed by atoms with Crippen molar-refractivity contribution in [3.8, 4) is 0 Å². The predicted molar refractivity (Wildman–Crippen MR) is 85.8 cm³/mol. The fraction of sp³-hybridized carbons (Fsp3) is 0.750. The van der Waals surface area contributed by atoms with Crippen LogP contribution in [0.5, 0.6) is 0 Å². The Morgan fingerprint density at radius 2 is 0.600 bits per heavy atom. The van der Waals surface area contributed by atoms with Crippen molar-refractivity contribution in [1.82, 2.24) is 19.6 Å². The van der Waals surface area contributed by atoms with E-state index in [-0.39, 0.29) is 157 Å². The first kappa shape index (κ1) is 32.5. The number of hydrogen-bond donors (Lipinski definition) is 0. The summed E-state index contributed by atoms with van der Waals surface area (Å²) in [6, 6.07) is 0. The summed E-state index contributed by atoms with van der Waals surface area (Å²) < 4.78 is 0. The Kier molecular flexibility index (Phi) is 19.3. The minimum Gasteiger partial charge on any atom is -0.549 e. The van der Waals surface area contributed by atoms with E-state index < -0.39 is 23.9 Å². The van der Waals surface area contributed by atoms with Gasteiger partial charge in [0.05, 0.1) is 23.9 Å². The molecule has 0 bridgehead atoms. The molecule has 1 saturated heterocycles. The summed E-state index contributed by atoms with van der Waals surface area (Å²) in [5.74, 6) is -5.20. The smallest absolute Gasteiger partial charge is 0.549 e. The van der Waals surface area contributed by atoms with Gasteiger partial charge in [-0.05, 0) is 0 Å². The van der Waals surface area contributed by atoms with E-state index in [1.54, 1.807) is 0 Å². The van der Waals surface area contributed by atoms with Crippen LogP contribution in [-0.2, 0) is 19.2 Å². The maximum Gasteiger partial charge on any atom is 3.00 e. The molecule has 0 unspecified atom stereocenters. The fourth-order valence-electron chi connectivity index (χ4n) is 2.94. The van der Waals surface area contributed by atoms with E-state index in [2.05, 4.69) is 0 Å². The molecule has 1 aliphatic rings. The van der Waals surface area contributed by atoms with Crippen molar-refractivity contribution in [3.05, 3.63) is 0 Å². The van der Waals surface area contributed by atoms with Gasteiger partial charge in [0, 0.05) is 78.5 Å². The molecule has 0 radical (unpaired) electrons. The van der Waals surface area contributed by atoms with E-state index in [1.807, 2.05) is 0 Å². The molecule has 1 fully saturated rings. The molecule has 0 amide bonds. The average molecular weight is 575 g/mol. The number of carbonyl (C=O) groups excluding carboxylic acids is 4. The van der Waals surface area contributed by atoms with E-state index in [0.29, 0.717) is 0 Å².